The largest absolute Gasteiger partial charge is 0.486 e. The van der Waals surface area contributed by atoms with Crippen LogP contribution in [0.5, 0.6) is 11.5 Å². The van der Waals surface area contributed by atoms with Crippen molar-refractivity contribution in [3.8, 4) is 11.5 Å². The minimum atomic E-state index is -0.278. The molecule has 1 amide bonds. The summed E-state index contributed by atoms with van der Waals surface area (Å²) in [5.41, 5.74) is 4.79. The first-order valence-electron chi connectivity index (χ1n) is 11.6. The van der Waals surface area contributed by atoms with E-state index < -0.39 is 0 Å². The molecule has 1 aromatic heterocycles. The molecule has 0 bridgehead atoms. The van der Waals surface area contributed by atoms with E-state index in [2.05, 4.69) is 10.6 Å². The first kappa shape index (κ1) is 22.5. The Morgan fingerprint density at radius 2 is 1.63 bits per heavy atom. The van der Waals surface area contributed by atoms with Crippen LogP contribution in [0.3, 0.4) is 0 Å². The van der Waals surface area contributed by atoms with Crippen LogP contribution < -0.4 is 25.7 Å². The van der Waals surface area contributed by atoms with Crippen LogP contribution in [0.15, 0.2) is 71.5 Å². The molecule has 7 heteroatoms. The lowest BCUT2D eigenvalue weighted by Crippen LogP contribution is -2.31. The molecule has 0 saturated carbocycles. The molecule has 0 spiro atoms. The predicted molar refractivity (Wildman–Crippen MR) is 138 cm³/mol. The summed E-state index contributed by atoms with van der Waals surface area (Å²) in [7, 11) is 0. The molecule has 4 aromatic rings. The summed E-state index contributed by atoms with van der Waals surface area (Å²) in [6.45, 7) is 5.13. The zero-order valence-electron chi connectivity index (χ0n) is 19.8. The molecule has 3 aromatic carbocycles. The number of fused-ring (bicyclic) bond motifs is 2. The molecule has 2 N–H and O–H groups in total. The maximum atomic E-state index is 13.5. The number of nitrogens with one attached hydrogen (secondary N) is 2. The highest BCUT2D eigenvalue weighted by Crippen LogP contribution is 2.34. The summed E-state index contributed by atoms with van der Waals surface area (Å²) in [6, 6.07) is 20.9. The Morgan fingerprint density at radius 1 is 0.886 bits per heavy atom. The molecule has 35 heavy (non-hydrogen) atoms. The van der Waals surface area contributed by atoms with E-state index in [1.165, 1.54) is 4.57 Å². The fourth-order valence-electron chi connectivity index (χ4n) is 4.18. The van der Waals surface area contributed by atoms with Gasteiger partial charge >= 0.3 is 0 Å². The molecule has 0 saturated heterocycles. The minimum Gasteiger partial charge on any atom is -0.486 e. The lowest BCUT2D eigenvalue weighted by Gasteiger charge is -2.21. The van der Waals surface area contributed by atoms with Crippen LogP contribution in [0.1, 0.15) is 16.7 Å². The lowest BCUT2D eigenvalue weighted by molar-refractivity contribution is -0.116. The third-order valence-electron chi connectivity index (χ3n) is 6.18. The summed E-state index contributed by atoms with van der Waals surface area (Å²) < 4.78 is 13.0. The van der Waals surface area contributed by atoms with Crippen molar-refractivity contribution >= 4 is 28.2 Å². The fraction of sp³-hybridized carbons (Fsp3) is 0.214. The number of carbonyl (C=O) groups is 1. The fourth-order valence-corrected chi connectivity index (χ4v) is 4.18. The zero-order valence-corrected chi connectivity index (χ0v) is 19.8. The van der Waals surface area contributed by atoms with Gasteiger partial charge < -0.3 is 20.1 Å². The van der Waals surface area contributed by atoms with E-state index in [1.54, 1.807) is 6.07 Å². The molecule has 1 aliphatic rings. The van der Waals surface area contributed by atoms with Crippen LogP contribution in [0, 0.1) is 13.8 Å². The second-order valence-corrected chi connectivity index (χ2v) is 8.68. The maximum absolute atomic E-state index is 13.5. The number of aromatic nitrogens is 1. The van der Waals surface area contributed by atoms with Crippen molar-refractivity contribution in [1.29, 1.82) is 0 Å². The Hall–Kier alpha value is -4.26. The van der Waals surface area contributed by atoms with Gasteiger partial charge in [-0.25, -0.2) is 0 Å². The Labute approximate surface area is 203 Å². The quantitative estimate of drug-likeness (QED) is 0.430. The van der Waals surface area contributed by atoms with Crippen LogP contribution in [0.2, 0.25) is 0 Å². The number of para-hydroxylation sites is 1. The molecule has 0 aliphatic carbocycles. The van der Waals surface area contributed by atoms with Gasteiger partial charge in [-0.2, -0.15) is 0 Å². The summed E-state index contributed by atoms with van der Waals surface area (Å²) in [5, 5.41) is 7.01. The van der Waals surface area contributed by atoms with E-state index in [0.717, 1.165) is 22.2 Å². The van der Waals surface area contributed by atoms with Crippen LogP contribution >= 0.6 is 0 Å². The van der Waals surface area contributed by atoms with Gasteiger partial charge in [-0.3, -0.25) is 14.2 Å². The standard InChI is InChI=1S/C28H27N3O4/c1-18-8-9-23(12-19(18)2)30-27(32)17-31-24-15-26-25(34-10-11-35-26)14-20(24)13-21(28(31)33)16-29-22-6-4-3-5-7-22/h3-9,12-15,29H,10-11,16-17H2,1-2H3,(H,30,32). The molecule has 7 nitrogen and oxygen atoms in total. The third kappa shape index (κ3) is 4.84. The van der Waals surface area contributed by atoms with Gasteiger partial charge in [0, 0.05) is 34.9 Å². The molecule has 2 heterocycles. The van der Waals surface area contributed by atoms with Crippen molar-refractivity contribution in [1.82, 2.24) is 4.57 Å². The van der Waals surface area contributed by atoms with E-state index >= 15 is 0 Å². The average Bonchev–Trinajstić information content (AvgIpc) is 2.86. The molecule has 0 radical (unpaired) electrons. The summed E-state index contributed by atoms with van der Waals surface area (Å²) in [6.07, 6.45) is 0. The van der Waals surface area contributed by atoms with Gasteiger partial charge in [0.2, 0.25) is 5.91 Å². The number of benzene rings is 3. The van der Waals surface area contributed by atoms with Crippen molar-refractivity contribution < 1.29 is 14.3 Å². The van der Waals surface area contributed by atoms with E-state index in [9.17, 15) is 9.59 Å². The van der Waals surface area contributed by atoms with Gasteiger partial charge in [-0.1, -0.05) is 24.3 Å². The Kier molecular flexibility index (Phi) is 6.14. The normalized spacial score (nSPS) is 12.4. The molecule has 1 aliphatic heterocycles. The SMILES string of the molecule is Cc1ccc(NC(=O)Cn2c(=O)c(CNc3ccccc3)cc3cc4c(cc32)OCCO4)cc1C. The van der Waals surface area contributed by atoms with Gasteiger partial charge in [0.25, 0.3) is 5.56 Å². The van der Waals surface area contributed by atoms with Crippen molar-refractivity contribution in [3.63, 3.8) is 0 Å². The molecule has 5 rings (SSSR count). The molecule has 0 atom stereocenters. The van der Waals surface area contributed by atoms with Crippen molar-refractivity contribution in [2.24, 2.45) is 0 Å². The topological polar surface area (TPSA) is 81.6 Å². The van der Waals surface area contributed by atoms with Crippen molar-refractivity contribution in [2.45, 2.75) is 26.9 Å². The van der Waals surface area contributed by atoms with Crippen molar-refractivity contribution in [2.75, 3.05) is 23.8 Å². The molecule has 0 unspecified atom stereocenters. The third-order valence-corrected chi connectivity index (χ3v) is 6.18. The number of carbonyl (C=O) groups excluding carboxylic acids is 1. The van der Waals surface area contributed by atoms with Gasteiger partial charge in [-0.05, 0) is 61.4 Å². The van der Waals surface area contributed by atoms with Crippen molar-refractivity contribution in [3.05, 3.63) is 93.8 Å². The molecular formula is C28H27N3O4. The number of anilines is 2. The summed E-state index contributed by atoms with van der Waals surface area (Å²) >= 11 is 0. The highest BCUT2D eigenvalue weighted by Gasteiger charge is 2.18. The zero-order chi connectivity index (χ0) is 24.4. The molecular weight excluding hydrogens is 442 g/mol. The molecule has 178 valence electrons. The number of hydrogen-bond donors (Lipinski definition) is 2. The van der Waals surface area contributed by atoms with Gasteiger partial charge in [-0.15, -0.1) is 0 Å². The number of nitrogens with zero attached hydrogens (tertiary/aromatic N) is 1. The molecule has 0 fully saturated rings. The second-order valence-electron chi connectivity index (χ2n) is 8.68. The average molecular weight is 470 g/mol. The predicted octanol–water partition coefficient (Wildman–Crippen LogP) is 4.64. The number of hydrogen-bond acceptors (Lipinski definition) is 5. The highest BCUT2D eigenvalue weighted by atomic mass is 16.6. The summed E-state index contributed by atoms with van der Waals surface area (Å²) in [5.74, 6) is 0.928. The van der Waals surface area contributed by atoms with E-state index in [0.29, 0.717) is 48.0 Å². The van der Waals surface area contributed by atoms with Gasteiger partial charge in [0.15, 0.2) is 11.5 Å². The number of aryl methyl sites for hydroxylation is 2. The second kappa shape index (κ2) is 9.54. The number of amides is 1. The van der Waals surface area contributed by atoms with Crippen LogP contribution in [0.25, 0.3) is 10.9 Å². The van der Waals surface area contributed by atoms with Crippen LogP contribution in [-0.2, 0) is 17.9 Å². The Morgan fingerprint density at radius 3 is 2.37 bits per heavy atom. The maximum Gasteiger partial charge on any atom is 0.256 e. The monoisotopic (exact) mass is 469 g/mol. The van der Waals surface area contributed by atoms with Gasteiger partial charge in [0.05, 0.1) is 5.52 Å². The number of ether oxygens (including phenoxy) is 2. The smallest absolute Gasteiger partial charge is 0.256 e. The first-order valence-corrected chi connectivity index (χ1v) is 11.6. The Bertz CT molecular complexity index is 1460. The Balaban J connectivity index is 1.51. The van der Waals surface area contributed by atoms with E-state index in [1.807, 2.05) is 74.5 Å². The highest BCUT2D eigenvalue weighted by molar-refractivity contribution is 5.92. The minimum absolute atomic E-state index is 0.124. The lowest BCUT2D eigenvalue weighted by atomic mass is 10.1. The van der Waals surface area contributed by atoms with Crippen LogP contribution in [0.4, 0.5) is 11.4 Å². The van der Waals surface area contributed by atoms with E-state index in [-0.39, 0.29) is 18.0 Å². The first-order chi connectivity index (χ1) is 17.0. The van der Waals surface area contributed by atoms with E-state index in [4.69, 9.17) is 9.47 Å². The van der Waals surface area contributed by atoms with Gasteiger partial charge in [0.1, 0.15) is 19.8 Å². The number of pyridine rings is 1. The van der Waals surface area contributed by atoms with Crippen LogP contribution in [-0.4, -0.2) is 23.7 Å². The number of rotatable bonds is 6. The summed E-state index contributed by atoms with van der Waals surface area (Å²) in [4.78, 5) is 26.5.